The Morgan fingerprint density at radius 3 is 0.811 bits per heavy atom. The third-order valence-electron chi connectivity index (χ3n) is 19.2. The minimum Gasteiger partial charge on any atom is -0.507 e. The van der Waals surface area contributed by atoms with E-state index in [0.29, 0.717) is 80.6 Å². The summed E-state index contributed by atoms with van der Waals surface area (Å²) in [6, 6.07) is 88.3. The zero-order chi connectivity index (χ0) is 103. The number of halogens is 16. The van der Waals surface area contributed by atoms with Gasteiger partial charge in [-0.3, -0.25) is 9.97 Å². The molecule has 24 nitrogen and oxygen atoms in total. The van der Waals surface area contributed by atoms with Crippen molar-refractivity contribution in [3.63, 3.8) is 0 Å². The van der Waals surface area contributed by atoms with Gasteiger partial charge in [-0.15, -0.1) is 100 Å². The van der Waals surface area contributed by atoms with E-state index in [4.69, 9.17) is 17.7 Å². The molecule has 0 atom stereocenters. The van der Waals surface area contributed by atoms with Crippen LogP contribution in [-0.2, 0) is 105 Å². The third kappa shape index (κ3) is 32.6. The van der Waals surface area contributed by atoms with Crippen molar-refractivity contribution in [1.82, 2.24) is 80.7 Å². The van der Waals surface area contributed by atoms with Crippen LogP contribution in [0.5, 0.6) is 23.0 Å². The molecule has 0 saturated heterocycles. The quantitative estimate of drug-likeness (QED) is 0.0652. The monoisotopic (exact) mass is 2740 g/mol. The maximum atomic E-state index is 13.0. The van der Waals surface area contributed by atoms with Gasteiger partial charge in [0.1, 0.15) is 46.3 Å². The van der Waals surface area contributed by atoms with Crippen molar-refractivity contribution in [2.24, 2.45) is 0 Å². The van der Waals surface area contributed by atoms with E-state index >= 15 is 0 Å². The number of pyridine rings is 8. The summed E-state index contributed by atoms with van der Waals surface area (Å²) in [5, 5.41) is 70.6. The molecule has 0 spiro atoms. The summed E-state index contributed by atoms with van der Waals surface area (Å²) in [5.74, 6) is 1.34. The summed E-state index contributed by atoms with van der Waals surface area (Å²) in [6.45, 7) is 5.68. The van der Waals surface area contributed by atoms with Gasteiger partial charge in [-0.05, 0) is 187 Å². The molecule has 0 saturated carbocycles. The fourth-order valence-electron chi connectivity index (χ4n) is 12.5. The van der Waals surface area contributed by atoms with Crippen molar-refractivity contribution in [2.75, 3.05) is 0 Å². The molecule has 0 unspecified atom stereocenters. The minimum atomic E-state index is -4.59. The van der Waals surface area contributed by atoms with Crippen LogP contribution in [0.4, 0.5) is 70.2 Å². The summed E-state index contributed by atoms with van der Waals surface area (Å²) >= 11 is 0. The summed E-state index contributed by atoms with van der Waals surface area (Å²) < 4.78 is 223. The third-order valence-corrected chi connectivity index (χ3v) is 19.2. The van der Waals surface area contributed by atoms with Crippen molar-refractivity contribution >= 4 is 0 Å². The number of hydrogen-bond acceptors (Lipinski definition) is 24. The number of para-hydroxylation sites is 4. The van der Waals surface area contributed by atoms with Crippen molar-refractivity contribution in [3.8, 4) is 160 Å². The average Bonchev–Trinajstić information content (AvgIpc) is 1.62. The van der Waals surface area contributed by atoms with E-state index in [-0.39, 0.29) is 160 Å². The fraction of sp³-hybridized carbons (Fsp3) is 0.0769. The number of aromatic nitrogens is 16. The first-order valence-corrected chi connectivity index (χ1v) is 41.9. The van der Waals surface area contributed by atoms with E-state index in [1.165, 1.54) is 70.4 Å². The van der Waals surface area contributed by atoms with E-state index in [2.05, 4.69) is 105 Å². The van der Waals surface area contributed by atoms with Crippen LogP contribution in [0.2, 0.25) is 0 Å². The Kier molecular flexibility index (Phi) is 41.7. The first kappa shape index (κ1) is 116. The van der Waals surface area contributed by atoms with Crippen molar-refractivity contribution < 1.29 is 189 Å². The van der Waals surface area contributed by atoms with Gasteiger partial charge in [0.2, 0.25) is 23.6 Å². The largest absolute Gasteiger partial charge is 0.507 e. The molecule has 4 N–H and O–H groups in total. The number of rotatable bonds is 12. The van der Waals surface area contributed by atoms with Gasteiger partial charge in [0.25, 0.3) is 23.6 Å². The van der Waals surface area contributed by atoms with E-state index in [1.807, 2.05) is 121 Å². The van der Waals surface area contributed by atoms with E-state index in [9.17, 15) is 90.7 Å². The Bertz CT molecular complexity index is 7190. The van der Waals surface area contributed by atoms with Crippen LogP contribution in [0.3, 0.4) is 0 Å². The van der Waals surface area contributed by atoms with Crippen molar-refractivity contribution in [3.05, 3.63) is 409 Å². The first-order chi connectivity index (χ1) is 68.8. The van der Waals surface area contributed by atoms with Gasteiger partial charge in [-0.2, -0.15) is 63.8 Å². The molecule has 4 radical (unpaired) electrons. The molecule has 44 heteroatoms. The number of aromatic hydroxyl groups is 4. The van der Waals surface area contributed by atoms with E-state index < -0.39 is 70.7 Å². The molecule has 12 aromatic heterocycles. The van der Waals surface area contributed by atoms with Crippen LogP contribution in [-0.4, -0.2) is 101 Å². The van der Waals surface area contributed by atoms with E-state index in [1.54, 1.807) is 97.1 Å². The average molecular weight is 2740 g/mol. The zero-order valence-electron chi connectivity index (χ0n) is 76.0. The number of hydrogen-bond donors (Lipinski definition) is 4. The van der Waals surface area contributed by atoms with Gasteiger partial charge < -0.3 is 68.0 Å². The smallest absolute Gasteiger partial charge is 0.421 e. The van der Waals surface area contributed by atoms with Gasteiger partial charge in [-0.1, -0.05) is 153 Å². The second-order valence-electron chi connectivity index (χ2n) is 29.7. The van der Waals surface area contributed by atoms with Crippen LogP contribution < -0.4 is 0 Å². The zero-order valence-corrected chi connectivity index (χ0v) is 85.6. The van der Waals surface area contributed by atoms with Gasteiger partial charge in [-0.25, -0.2) is 17.6 Å². The minimum absolute atomic E-state index is 0. The Balaban J connectivity index is 0.000000187. The standard InChI is InChI=1S/4C14H10N2O2.4C12H7F4N2.4Ir/c4*17-12-9-5-4-8-11(12)14-16-15-13(18-14)10-6-2-1-3-7-10;1-7-9(10-4-2-8(13)6-17-10)3-5-11(18-7)12(14,15)16;1-7-4-8(5-11(18-7)12(14,15)16)10-6-9(13)2-3-17-10;1-7-4-8(5-11(18-7)12(14,15)16)10-3-2-9(13)6-17-10;1-7-9(10-6-8(13)4-5-17-10)2-3-11(18-7)12(14,15)16;;;;/h4*1-9,17H;2,4-6H,1H3;2*2-4,6H,1H3;3-6H,1H3;;;;/q;;;;4*-1;;;;. The van der Waals surface area contributed by atoms with Gasteiger partial charge in [0.05, 0.1) is 51.2 Å². The van der Waals surface area contributed by atoms with Gasteiger partial charge in [0, 0.05) is 121 Å². The molecule has 0 bridgehead atoms. The van der Waals surface area contributed by atoms with Crippen molar-refractivity contribution in [1.29, 1.82) is 0 Å². The van der Waals surface area contributed by atoms with Crippen LogP contribution in [0.25, 0.3) is 137 Å². The summed E-state index contributed by atoms with van der Waals surface area (Å²) in [6.07, 6.45) is -13.8. The molecule has 148 heavy (non-hydrogen) atoms. The summed E-state index contributed by atoms with van der Waals surface area (Å²) in [4.78, 5) is 28.8. The second-order valence-corrected chi connectivity index (χ2v) is 29.7. The van der Waals surface area contributed by atoms with Gasteiger partial charge in [0.15, 0.2) is 0 Å². The first-order valence-electron chi connectivity index (χ1n) is 41.9. The maximum Gasteiger partial charge on any atom is 0.421 e. The maximum absolute atomic E-state index is 13.0. The van der Waals surface area contributed by atoms with E-state index in [0.717, 1.165) is 77.1 Å². The predicted molar refractivity (Wildman–Crippen MR) is 491 cm³/mol. The number of phenols is 4. The topological polar surface area (TPSA) is 340 Å². The number of phenolic OH excluding ortho intramolecular Hbond substituents is 4. The molecule has 0 aliphatic carbocycles. The van der Waals surface area contributed by atoms with Crippen LogP contribution >= 0.6 is 0 Å². The molecule has 8 aromatic carbocycles. The Morgan fingerprint density at radius 2 is 0.534 bits per heavy atom. The van der Waals surface area contributed by atoms with Crippen molar-refractivity contribution in [2.45, 2.75) is 52.4 Å². The Hall–Kier alpha value is -15.8. The number of benzene rings is 8. The van der Waals surface area contributed by atoms with Crippen LogP contribution in [0.15, 0.2) is 334 Å². The SMILES string of the molecule is Cc1cc(-c2cc(F)ccn2)[c-]c(C(F)(F)F)n1.Cc1cc(-c2ccc(F)cn2)[c-]c(C(F)(F)F)n1.Cc1nc(C(F)(F)F)c[c-]c1-c1cc(F)ccn1.Cc1nc(C(F)(F)F)c[c-]c1-c1ccc(F)cn1.Oc1ccccc1-c1nnc(-c2ccccc2)o1.Oc1ccccc1-c1nnc(-c2ccccc2)o1.Oc1ccccc1-c1nnc(-c2ccccc2)o1.Oc1ccccc1-c1nnc(-c2ccccc2)o1.[Ir].[Ir].[Ir].[Ir]. The van der Waals surface area contributed by atoms with Crippen LogP contribution in [0, 0.1) is 75.2 Å². The molecule has 764 valence electrons. The number of aryl methyl sites for hydroxylation is 4. The predicted octanol–water partition coefficient (Wildman–Crippen LogP) is 26.1. The molecular formula is C104H68F16Ir4N16O8-4. The number of alkyl halides is 12. The fourth-order valence-corrected chi connectivity index (χ4v) is 12.5. The molecule has 12 heterocycles. The van der Waals surface area contributed by atoms with Gasteiger partial charge >= 0.3 is 24.7 Å². The molecule has 0 aliphatic heterocycles. The number of nitrogens with zero attached hydrogens (tertiary/aromatic N) is 16. The molecular weight excluding hydrogens is 2670 g/mol. The summed E-state index contributed by atoms with van der Waals surface area (Å²) in [7, 11) is 0. The molecule has 0 amide bonds. The van der Waals surface area contributed by atoms with Crippen LogP contribution in [0.1, 0.15) is 45.6 Å². The molecule has 0 aliphatic rings. The Labute approximate surface area is 884 Å². The molecule has 20 aromatic rings. The normalized spacial score (nSPS) is 10.7. The summed E-state index contributed by atoms with van der Waals surface area (Å²) in [5.41, 5.74) is 3.49. The second kappa shape index (κ2) is 53.3. The Morgan fingerprint density at radius 1 is 0.264 bits per heavy atom. The molecule has 20 rings (SSSR count). The molecule has 0 fully saturated rings.